The molecule has 3 aromatic carbocycles. The van der Waals surface area contributed by atoms with E-state index in [4.69, 9.17) is 35.4 Å². The number of hydrogen-bond donors (Lipinski definition) is 0. The monoisotopic (exact) mass is 507 g/mol. The van der Waals surface area contributed by atoms with Gasteiger partial charge >= 0.3 is 0 Å². The number of nitrogens with zero attached hydrogens (tertiary/aromatic N) is 3. The van der Waals surface area contributed by atoms with Gasteiger partial charge in [-0.3, -0.25) is 9.69 Å². The number of anilines is 1. The highest BCUT2D eigenvalue weighted by Gasteiger charge is 2.44. The Hall–Kier alpha value is -2.91. The van der Waals surface area contributed by atoms with Crippen LogP contribution in [0.1, 0.15) is 36.6 Å². The molecule has 0 aliphatic carbocycles. The third kappa shape index (κ3) is 4.67. The Balaban J connectivity index is 1.77. The van der Waals surface area contributed by atoms with E-state index < -0.39 is 0 Å². The van der Waals surface area contributed by atoms with Crippen LogP contribution in [0.15, 0.2) is 72.8 Å². The molecule has 0 saturated carbocycles. The Morgan fingerprint density at radius 1 is 1.06 bits per heavy atom. The lowest BCUT2D eigenvalue weighted by Crippen LogP contribution is -2.62. The third-order valence-corrected chi connectivity index (χ3v) is 7.33. The van der Waals surface area contributed by atoms with E-state index in [0.29, 0.717) is 27.8 Å². The molecule has 172 valence electrons. The predicted molar refractivity (Wildman–Crippen MR) is 141 cm³/mol. The summed E-state index contributed by atoms with van der Waals surface area (Å²) in [7, 11) is 0. The maximum atomic E-state index is 13.9. The van der Waals surface area contributed by atoms with Gasteiger partial charge in [0.05, 0.1) is 28.2 Å². The summed E-state index contributed by atoms with van der Waals surface area (Å²) in [6.45, 7) is 4.14. The highest BCUT2D eigenvalue weighted by atomic mass is 35.5. The van der Waals surface area contributed by atoms with Gasteiger partial charge in [-0.05, 0) is 73.9 Å². The summed E-state index contributed by atoms with van der Waals surface area (Å²) >= 11 is 18.3. The van der Waals surface area contributed by atoms with E-state index in [9.17, 15) is 10.1 Å². The van der Waals surface area contributed by atoms with Crippen LogP contribution in [0.5, 0.6) is 0 Å². The number of hydrogen-bond acceptors (Lipinski definition) is 3. The number of amides is 1. The summed E-state index contributed by atoms with van der Waals surface area (Å²) in [5.74, 6) is -0.446. The topological polar surface area (TPSA) is 47.3 Å². The van der Waals surface area contributed by atoms with Gasteiger partial charge in [0.2, 0.25) is 5.91 Å². The molecule has 0 radical (unpaired) electrons. The highest BCUT2D eigenvalue weighted by molar-refractivity contribution is 7.80. The van der Waals surface area contributed by atoms with Gasteiger partial charge < -0.3 is 4.90 Å². The predicted octanol–water partition coefficient (Wildman–Crippen LogP) is 6.81. The summed E-state index contributed by atoms with van der Waals surface area (Å²) in [6.07, 6.45) is 0.540. The van der Waals surface area contributed by atoms with Gasteiger partial charge in [-0.25, -0.2) is 0 Å². The molecule has 1 saturated heterocycles. The van der Waals surface area contributed by atoms with E-state index >= 15 is 0 Å². The lowest BCUT2D eigenvalue weighted by atomic mass is 9.87. The van der Waals surface area contributed by atoms with Gasteiger partial charge in [0, 0.05) is 11.1 Å². The van der Waals surface area contributed by atoms with Crippen LogP contribution >= 0.6 is 35.4 Å². The minimum atomic E-state index is -0.353. The minimum absolute atomic E-state index is 0.0547. The molecule has 1 aliphatic rings. The molecule has 0 bridgehead atoms. The molecule has 4 rings (SSSR count). The first-order valence-corrected chi connectivity index (χ1v) is 12.1. The van der Waals surface area contributed by atoms with E-state index in [1.165, 1.54) is 0 Å². The van der Waals surface area contributed by atoms with Gasteiger partial charge in [-0.15, -0.1) is 0 Å². The van der Waals surface area contributed by atoms with Crippen molar-refractivity contribution in [1.29, 1.82) is 5.26 Å². The van der Waals surface area contributed by atoms with Crippen molar-refractivity contribution in [3.63, 3.8) is 0 Å². The Morgan fingerprint density at radius 2 is 1.74 bits per heavy atom. The quantitative estimate of drug-likeness (QED) is 0.356. The zero-order valence-corrected chi connectivity index (χ0v) is 21.1. The van der Waals surface area contributed by atoms with Gasteiger partial charge in [0.1, 0.15) is 6.07 Å². The molecule has 1 heterocycles. The Kier molecular flexibility index (Phi) is 7.23. The van der Waals surface area contributed by atoms with Crippen LogP contribution in [0.4, 0.5) is 5.69 Å². The molecule has 1 aliphatic heterocycles. The number of benzene rings is 3. The van der Waals surface area contributed by atoms with Crippen molar-refractivity contribution in [3.8, 4) is 6.07 Å². The molecule has 1 amide bonds. The van der Waals surface area contributed by atoms with Crippen LogP contribution in [-0.2, 0) is 11.2 Å². The fourth-order valence-corrected chi connectivity index (χ4v) is 5.33. The fraction of sp³-hybridized carbons (Fsp3) is 0.222. The maximum Gasteiger partial charge on any atom is 0.238 e. The normalized spacial score (nSPS) is 19.1. The number of rotatable bonds is 5. The third-order valence-electron chi connectivity index (χ3n) is 6.37. The molecule has 34 heavy (non-hydrogen) atoms. The lowest BCUT2D eigenvalue weighted by molar-refractivity contribution is -0.124. The Morgan fingerprint density at radius 3 is 2.35 bits per heavy atom. The molecule has 0 N–H and O–H groups in total. The molecule has 4 nitrogen and oxygen atoms in total. The van der Waals surface area contributed by atoms with Crippen LogP contribution in [0, 0.1) is 17.2 Å². The van der Waals surface area contributed by atoms with Crippen molar-refractivity contribution in [3.05, 3.63) is 99.5 Å². The molecular weight excluding hydrogens is 485 g/mol. The van der Waals surface area contributed by atoms with Gasteiger partial charge in [0.15, 0.2) is 5.11 Å². The van der Waals surface area contributed by atoms with E-state index in [1.807, 2.05) is 49.4 Å². The first-order chi connectivity index (χ1) is 16.3. The minimum Gasteiger partial charge on any atom is -0.338 e. The molecule has 1 fully saturated rings. The first-order valence-electron chi connectivity index (χ1n) is 11.0. The highest BCUT2D eigenvalue weighted by Crippen LogP contribution is 2.37. The second-order valence-electron chi connectivity index (χ2n) is 8.40. The van der Waals surface area contributed by atoms with Crippen molar-refractivity contribution in [2.75, 3.05) is 4.90 Å². The number of carbonyl (C=O) groups excluding carboxylic acids is 1. The average molecular weight is 508 g/mol. The molecule has 3 aromatic rings. The molecule has 0 unspecified atom stereocenters. The summed E-state index contributed by atoms with van der Waals surface area (Å²) in [6, 6.07) is 24.5. The zero-order valence-electron chi connectivity index (χ0n) is 18.8. The van der Waals surface area contributed by atoms with Crippen molar-refractivity contribution < 1.29 is 4.79 Å². The smallest absolute Gasteiger partial charge is 0.238 e. The summed E-state index contributed by atoms with van der Waals surface area (Å²) < 4.78 is 0. The van der Waals surface area contributed by atoms with Gasteiger partial charge in [-0.2, -0.15) is 5.26 Å². The van der Waals surface area contributed by atoms with Crippen LogP contribution in [0.25, 0.3) is 0 Å². The number of thiocarbonyl (C=S) groups is 1. The van der Waals surface area contributed by atoms with Crippen LogP contribution in [0.2, 0.25) is 10.0 Å². The van der Waals surface area contributed by atoms with E-state index in [1.54, 1.807) is 23.1 Å². The van der Waals surface area contributed by atoms with E-state index in [-0.39, 0.29) is 28.9 Å². The molecule has 3 atom stereocenters. The SMILES string of the molecule is C[C@H](c1ccccc1)N1C(=S)N(c2ccc(C#N)c(Cl)c2)C(=O)[C@@H](Cc2ccc(Cl)cc2)[C@@H]1C. The van der Waals surface area contributed by atoms with Gasteiger partial charge in [-0.1, -0.05) is 65.7 Å². The Bertz CT molecular complexity index is 1260. The maximum absolute atomic E-state index is 13.9. The van der Waals surface area contributed by atoms with Crippen molar-refractivity contribution in [2.24, 2.45) is 5.92 Å². The van der Waals surface area contributed by atoms with Crippen molar-refractivity contribution >= 4 is 52.1 Å². The number of nitriles is 1. The summed E-state index contributed by atoms with van der Waals surface area (Å²) in [4.78, 5) is 17.5. The zero-order chi connectivity index (χ0) is 24.4. The molecule has 0 aromatic heterocycles. The largest absolute Gasteiger partial charge is 0.338 e. The number of carbonyl (C=O) groups is 1. The second-order valence-corrected chi connectivity index (χ2v) is 9.61. The van der Waals surface area contributed by atoms with Crippen molar-refractivity contribution in [1.82, 2.24) is 4.90 Å². The lowest BCUT2D eigenvalue weighted by Gasteiger charge is -2.48. The molecular formula is C27H23Cl2N3OS. The fourth-order valence-electron chi connectivity index (χ4n) is 4.46. The van der Waals surface area contributed by atoms with Crippen LogP contribution in [-0.4, -0.2) is 22.0 Å². The van der Waals surface area contributed by atoms with Crippen LogP contribution in [0.3, 0.4) is 0 Å². The Labute approximate surface area is 215 Å². The van der Waals surface area contributed by atoms with E-state index in [0.717, 1.165) is 11.1 Å². The molecule has 0 spiro atoms. The molecule has 7 heteroatoms. The first kappa shape index (κ1) is 24.2. The summed E-state index contributed by atoms with van der Waals surface area (Å²) in [5.41, 5.74) is 3.03. The summed E-state index contributed by atoms with van der Waals surface area (Å²) in [5, 5.41) is 10.6. The standard InChI is InChI=1S/C27H23Cl2N3OS/c1-17(20-6-4-3-5-7-20)31-18(2)24(14-19-8-11-22(28)12-9-19)26(33)32(27(31)34)23-13-10-21(16-30)25(29)15-23/h3-13,15,17-18,24H,14H2,1-2H3/t17-,18+,24+/m1/s1. The average Bonchev–Trinajstić information content (AvgIpc) is 2.83. The van der Waals surface area contributed by atoms with Gasteiger partial charge in [0.25, 0.3) is 0 Å². The van der Waals surface area contributed by atoms with Crippen LogP contribution < -0.4 is 4.90 Å². The second kappa shape index (κ2) is 10.1. The van der Waals surface area contributed by atoms with Crippen molar-refractivity contribution in [2.45, 2.75) is 32.4 Å². The number of halogens is 2. The van der Waals surface area contributed by atoms with E-state index in [2.05, 4.69) is 30.0 Å².